The van der Waals surface area contributed by atoms with Gasteiger partial charge < -0.3 is 20.3 Å². The number of ether oxygens (including phenoxy) is 1. The first-order valence-corrected chi connectivity index (χ1v) is 9.62. The van der Waals surface area contributed by atoms with Crippen molar-refractivity contribution >= 4 is 17.9 Å². The molecule has 7 nitrogen and oxygen atoms in total. The maximum Gasteiger partial charge on any atom is 0.408 e. The number of likely N-dealkylation sites (N-methyl/N-ethyl adjacent to an activating group) is 1. The minimum Gasteiger partial charge on any atom is -0.444 e. The first kappa shape index (κ1) is 24.0. The summed E-state index contributed by atoms with van der Waals surface area (Å²) in [5.41, 5.74) is 0.409. The topological polar surface area (TPSA) is 87.7 Å². The highest BCUT2D eigenvalue weighted by Gasteiger charge is 2.32. The predicted octanol–water partition coefficient (Wildman–Crippen LogP) is 2.61. The number of benzene rings is 1. The van der Waals surface area contributed by atoms with Crippen molar-refractivity contribution in [2.45, 2.75) is 59.2 Å². The lowest BCUT2D eigenvalue weighted by atomic mass is 9.98. The average molecular weight is 402 g/mol. The van der Waals surface area contributed by atoms with Gasteiger partial charge in [-0.05, 0) is 53.2 Å². The molecule has 0 aliphatic carbocycles. The fraction of sp³-hybridized carbons (Fsp3) is 0.500. The molecule has 0 saturated carbocycles. The van der Waals surface area contributed by atoms with Crippen LogP contribution in [0.15, 0.2) is 24.3 Å². The molecule has 1 rings (SSSR count). The van der Waals surface area contributed by atoms with Gasteiger partial charge >= 0.3 is 6.09 Å². The molecule has 0 fully saturated rings. The van der Waals surface area contributed by atoms with Crippen LogP contribution in [-0.4, -0.2) is 47.5 Å². The summed E-state index contributed by atoms with van der Waals surface area (Å²) in [6.45, 7) is 10.6. The third-order valence-electron chi connectivity index (χ3n) is 3.85. The van der Waals surface area contributed by atoms with E-state index in [2.05, 4.69) is 16.6 Å². The molecule has 0 saturated heterocycles. The lowest BCUT2D eigenvalue weighted by Crippen LogP contribution is -2.48. The number of carbonyl (C=O) groups excluding carboxylic acids is 3. The number of carbonyl (C=O) groups is 3. The summed E-state index contributed by atoms with van der Waals surface area (Å²) in [5.74, 6) is 1.81. The van der Waals surface area contributed by atoms with Gasteiger partial charge in [0.1, 0.15) is 18.2 Å². The summed E-state index contributed by atoms with van der Waals surface area (Å²) in [6, 6.07) is 5.97. The Labute approximate surface area is 173 Å². The van der Waals surface area contributed by atoms with E-state index in [-0.39, 0.29) is 25.0 Å². The van der Waals surface area contributed by atoms with Crippen molar-refractivity contribution in [1.29, 1.82) is 0 Å². The number of terminal acetylenes is 1. The molecule has 158 valence electrons. The van der Waals surface area contributed by atoms with Crippen LogP contribution in [0.1, 0.15) is 58.7 Å². The molecule has 0 radical (unpaired) electrons. The Morgan fingerprint density at radius 1 is 1.21 bits per heavy atom. The lowest BCUT2D eigenvalue weighted by molar-refractivity contribution is -0.140. The molecule has 0 bridgehead atoms. The lowest BCUT2D eigenvalue weighted by Gasteiger charge is -2.31. The standard InChI is InChI=1S/C22H31N3O4/c1-8-16-12-10-11-13-17(16)19(20(27)24-15(3)4)25(9-2)18(26)14-23-21(28)29-22(5,6)7/h1,10-13,15,19H,9,14H2,2-7H3,(H,23,28)(H,24,27). The number of hydrogen-bond acceptors (Lipinski definition) is 4. The largest absolute Gasteiger partial charge is 0.444 e. The van der Waals surface area contributed by atoms with Gasteiger partial charge in [-0.3, -0.25) is 9.59 Å². The van der Waals surface area contributed by atoms with Crippen LogP contribution in [0.3, 0.4) is 0 Å². The molecule has 29 heavy (non-hydrogen) atoms. The van der Waals surface area contributed by atoms with Crippen LogP contribution in [-0.2, 0) is 14.3 Å². The second-order valence-electron chi connectivity index (χ2n) is 7.83. The van der Waals surface area contributed by atoms with Crippen molar-refractivity contribution in [2.75, 3.05) is 13.1 Å². The first-order valence-electron chi connectivity index (χ1n) is 9.62. The minimum absolute atomic E-state index is 0.114. The van der Waals surface area contributed by atoms with Gasteiger partial charge in [0.05, 0.1) is 0 Å². The van der Waals surface area contributed by atoms with Crippen molar-refractivity contribution in [3.63, 3.8) is 0 Å². The smallest absolute Gasteiger partial charge is 0.408 e. The number of hydrogen-bond donors (Lipinski definition) is 2. The SMILES string of the molecule is C#Cc1ccccc1C(C(=O)NC(C)C)N(CC)C(=O)CNC(=O)OC(C)(C)C. The van der Waals surface area contributed by atoms with Gasteiger partial charge in [-0.1, -0.05) is 24.1 Å². The van der Waals surface area contributed by atoms with Gasteiger partial charge in [0.25, 0.3) is 0 Å². The van der Waals surface area contributed by atoms with Crippen molar-refractivity contribution in [2.24, 2.45) is 0 Å². The molecule has 0 aromatic heterocycles. The maximum atomic E-state index is 13.0. The molecule has 0 aliphatic heterocycles. The fourth-order valence-electron chi connectivity index (χ4n) is 2.75. The molecular weight excluding hydrogens is 370 g/mol. The summed E-state index contributed by atoms with van der Waals surface area (Å²) in [4.78, 5) is 39.1. The van der Waals surface area contributed by atoms with Gasteiger partial charge in [0.15, 0.2) is 0 Å². The third kappa shape index (κ3) is 7.49. The van der Waals surface area contributed by atoms with Gasteiger partial charge in [-0.15, -0.1) is 6.42 Å². The Hall–Kier alpha value is -3.01. The van der Waals surface area contributed by atoms with Crippen LogP contribution in [0.25, 0.3) is 0 Å². The van der Waals surface area contributed by atoms with Crippen molar-refractivity contribution in [1.82, 2.24) is 15.5 Å². The predicted molar refractivity (Wildman–Crippen MR) is 112 cm³/mol. The van der Waals surface area contributed by atoms with Gasteiger partial charge in [-0.2, -0.15) is 0 Å². The quantitative estimate of drug-likeness (QED) is 0.688. The van der Waals surface area contributed by atoms with E-state index in [1.54, 1.807) is 52.0 Å². The number of nitrogens with zero attached hydrogens (tertiary/aromatic N) is 1. The van der Waals surface area contributed by atoms with E-state index >= 15 is 0 Å². The van der Waals surface area contributed by atoms with Gasteiger partial charge in [0.2, 0.25) is 11.8 Å². The van der Waals surface area contributed by atoms with Crippen molar-refractivity contribution < 1.29 is 19.1 Å². The Morgan fingerprint density at radius 3 is 2.34 bits per heavy atom. The summed E-state index contributed by atoms with van der Waals surface area (Å²) in [7, 11) is 0. The molecule has 1 aromatic carbocycles. The van der Waals surface area contributed by atoms with Crippen molar-refractivity contribution in [3.05, 3.63) is 35.4 Å². The minimum atomic E-state index is -0.914. The normalized spacial score (nSPS) is 11.9. The van der Waals surface area contributed by atoms with Crippen LogP contribution in [0.5, 0.6) is 0 Å². The number of amides is 3. The summed E-state index contributed by atoms with van der Waals surface area (Å²) in [6.07, 6.45) is 4.91. The highest BCUT2D eigenvalue weighted by atomic mass is 16.6. The average Bonchev–Trinajstić information content (AvgIpc) is 2.62. The molecule has 1 aromatic rings. The zero-order valence-electron chi connectivity index (χ0n) is 18.0. The van der Waals surface area contributed by atoms with Gasteiger partial charge in [-0.25, -0.2) is 4.79 Å². The van der Waals surface area contributed by atoms with E-state index in [0.29, 0.717) is 11.1 Å². The molecule has 3 amide bonds. The van der Waals surface area contributed by atoms with Crippen LogP contribution >= 0.6 is 0 Å². The van der Waals surface area contributed by atoms with E-state index < -0.39 is 23.6 Å². The summed E-state index contributed by atoms with van der Waals surface area (Å²) < 4.78 is 5.16. The highest BCUT2D eigenvalue weighted by molar-refractivity contribution is 5.91. The summed E-state index contributed by atoms with van der Waals surface area (Å²) in [5, 5.41) is 5.29. The molecule has 2 N–H and O–H groups in total. The number of nitrogens with one attached hydrogen (secondary N) is 2. The molecular formula is C22H31N3O4. The zero-order valence-corrected chi connectivity index (χ0v) is 18.0. The summed E-state index contributed by atoms with van der Waals surface area (Å²) >= 11 is 0. The third-order valence-corrected chi connectivity index (χ3v) is 3.85. The van der Waals surface area contributed by atoms with E-state index in [0.717, 1.165) is 0 Å². The highest BCUT2D eigenvalue weighted by Crippen LogP contribution is 2.25. The molecule has 1 atom stereocenters. The molecule has 0 heterocycles. The molecule has 7 heteroatoms. The van der Waals surface area contributed by atoms with E-state index in [1.807, 2.05) is 13.8 Å². The van der Waals surface area contributed by atoms with Crippen LogP contribution in [0.2, 0.25) is 0 Å². The van der Waals surface area contributed by atoms with Crippen molar-refractivity contribution in [3.8, 4) is 12.3 Å². The molecule has 0 spiro atoms. The first-order chi connectivity index (χ1) is 13.5. The van der Waals surface area contributed by atoms with Gasteiger partial charge in [0, 0.05) is 18.2 Å². The fourth-order valence-corrected chi connectivity index (χ4v) is 2.75. The van der Waals surface area contributed by atoms with Crippen LogP contribution in [0, 0.1) is 12.3 Å². The Morgan fingerprint density at radius 2 is 1.83 bits per heavy atom. The second kappa shape index (κ2) is 10.5. The molecule has 1 unspecified atom stereocenters. The number of alkyl carbamates (subject to hydrolysis) is 1. The maximum absolute atomic E-state index is 13.0. The molecule has 0 aliphatic rings. The number of rotatable bonds is 7. The Balaban J connectivity index is 3.14. The van der Waals surface area contributed by atoms with E-state index in [4.69, 9.17) is 11.2 Å². The Kier molecular flexibility index (Phi) is 8.71. The van der Waals surface area contributed by atoms with E-state index in [1.165, 1.54) is 4.90 Å². The monoisotopic (exact) mass is 401 g/mol. The zero-order chi connectivity index (χ0) is 22.2. The van der Waals surface area contributed by atoms with Crippen LogP contribution < -0.4 is 10.6 Å². The second-order valence-corrected chi connectivity index (χ2v) is 7.83. The van der Waals surface area contributed by atoms with Crippen LogP contribution in [0.4, 0.5) is 4.79 Å². The van der Waals surface area contributed by atoms with E-state index in [9.17, 15) is 14.4 Å². The Bertz CT molecular complexity index is 775.